The van der Waals surface area contributed by atoms with Crippen molar-refractivity contribution in [1.29, 1.82) is 0 Å². The van der Waals surface area contributed by atoms with Crippen LogP contribution in [0.15, 0.2) is 66.7 Å². The van der Waals surface area contributed by atoms with Crippen LogP contribution in [0.4, 0.5) is 18.9 Å². The minimum Gasteiger partial charge on any atom is -0.348 e. The van der Waals surface area contributed by atoms with Gasteiger partial charge in [0.25, 0.3) is 11.8 Å². The second kappa shape index (κ2) is 8.39. The highest BCUT2D eigenvalue weighted by Gasteiger charge is 2.12. The summed E-state index contributed by atoms with van der Waals surface area (Å²) in [6, 6.07) is 14.6. The van der Waals surface area contributed by atoms with E-state index in [1.807, 2.05) is 0 Å². The predicted octanol–water partition coefficient (Wildman–Crippen LogP) is 4.29. The fraction of sp³-hybridized carbons (Fsp3) is 0.0476. The molecule has 0 aliphatic rings. The Labute approximate surface area is 159 Å². The van der Waals surface area contributed by atoms with E-state index in [2.05, 4.69) is 10.6 Å². The Morgan fingerprint density at radius 2 is 1.39 bits per heavy atom. The SMILES string of the molecule is O=C(NCc1ccccc1F)c1ccc(C(=O)Nc2ccc(F)cc2F)cc1. The average Bonchev–Trinajstić information content (AvgIpc) is 2.69. The van der Waals surface area contributed by atoms with Gasteiger partial charge in [-0.2, -0.15) is 0 Å². The van der Waals surface area contributed by atoms with Crippen LogP contribution >= 0.6 is 0 Å². The molecule has 0 aromatic heterocycles. The summed E-state index contributed by atoms with van der Waals surface area (Å²) >= 11 is 0. The first-order valence-electron chi connectivity index (χ1n) is 8.32. The van der Waals surface area contributed by atoms with Crippen molar-refractivity contribution < 1.29 is 22.8 Å². The monoisotopic (exact) mass is 384 g/mol. The summed E-state index contributed by atoms with van der Waals surface area (Å²) in [4.78, 5) is 24.3. The maximum Gasteiger partial charge on any atom is 0.255 e. The molecule has 0 radical (unpaired) electrons. The molecule has 28 heavy (non-hydrogen) atoms. The smallest absolute Gasteiger partial charge is 0.255 e. The number of anilines is 1. The van der Waals surface area contributed by atoms with Gasteiger partial charge in [-0.3, -0.25) is 9.59 Å². The highest BCUT2D eigenvalue weighted by atomic mass is 19.1. The minimum absolute atomic E-state index is 0.0254. The topological polar surface area (TPSA) is 58.2 Å². The third kappa shape index (κ3) is 4.56. The fourth-order valence-corrected chi connectivity index (χ4v) is 2.48. The molecular weight excluding hydrogens is 369 g/mol. The molecule has 3 rings (SSSR count). The van der Waals surface area contributed by atoms with E-state index in [0.717, 1.165) is 12.1 Å². The maximum absolute atomic E-state index is 13.6. The number of hydrogen-bond acceptors (Lipinski definition) is 2. The Morgan fingerprint density at radius 3 is 2.04 bits per heavy atom. The minimum atomic E-state index is -0.891. The summed E-state index contributed by atoms with van der Waals surface area (Å²) in [5.74, 6) is -3.09. The second-order valence-electron chi connectivity index (χ2n) is 5.93. The number of amides is 2. The molecule has 0 saturated carbocycles. The number of hydrogen-bond donors (Lipinski definition) is 2. The average molecular weight is 384 g/mol. The normalized spacial score (nSPS) is 10.4. The maximum atomic E-state index is 13.6. The first kappa shape index (κ1) is 19.2. The van der Waals surface area contributed by atoms with Gasteiger partial charge >= 0.3 is 0 Å². The first-order chi connectivity index (χ1) is 13.4. The fourth-order valence-electron chi connectivity index (χ4n) is 2.48. The summed E-state index contributed by atoms with van der Waals surface area (Å²) in [5.41, 5.74) is 0.668. The summed E-state index contributed by atoms with van der Waals surface area (Å²) < 4.78 is 40.1. The van der Waals surface area contributed by atoms with Gasteiger partial charge in [-0.15, -0.1) is 0 Å². The van der Waals surface area contributed by atoms with E-state index in [1.54, 1.807) is 18.2 Å². The van der Waals surface area contributed by atoms with Crippen LogP contribution < -0.4 is 10.6 Å². The molecule has 0 saturated heterocycles. The van der Waals surface area contributed by atoms with Crippen LogP contribution in [0.5, 0.6) is 0 Å². The van der Waals surface area contributed by atoms with Gasteiger partial charge in [0.2, 0.25) is 0 Å². The lowest BCUT2D eigenvalue weighted by atomic mass is 10.1. The molecule has 0 aliphatic carbocycles. The Balaban J connectivity index is 1.63. The van der Waals surface area contributed by atoms with Crippen LogP contribution in [0.1, 0.15) is 26.3 Å². The van der Waals surface area contributed by atoms with E-state index >= 15 is 0 Å². The third-order valence-electron chi connectivity index (χ3n) is 3.99. The summed E-state index contributed by atoms with van der Waals surface area (Å²) in [6.07, 6.45) is 0. The molecule has 0 unspecified atom stereocenters. The molecule has 0 atom stereocenters. The zero-order valence-corrected chi connectivity index (χ0v) is 14.5. The van der Waals surface area contributed by atoms with Gasteiger partial charge < -0.3 is 10.6 Å². The number of carbonyl (C=O) groups is 2. The van der Waals surface area contributed by atoms with Crippen LogP contribution in [0.2, 0.25) is 0 Å². The van der Waals surface area contributed by atoms with Gasteiger partial charge in [0.15, 0.2) is 0 Å². The largest absolute Gasteiger partial charge is 0.348 e. The summed E-state index contributed by atoms with van der Waals surface area (Å²) in [7, 11) is 0. The van der Waals surface area contributed by atoms with Gasteiger partial charge in [0.1, 0.15) is 17.5 Å². The summed E-state index contributed by atoms with van der Waals surface area (Å²) in [5, 5.41) is 4.93. The number of halogens is 3. The standard InChI is InChI=1S/C21H15F3N2O2/c22-16-9-10-19(18(24)11-16)26-21(28)14-7-5-13(6-8-14)20(27)25-12-15-3-1-2-4-17(15)23/h1-11H,12H2,(H,25,27)(H,26,28). The van der Waals surface area contributed by atoms with Crippen molar-refractivity contribution in [1.82, 2.24) is 5.32 Å². The molecule has 2 amide bonds. The van der Waals surface area contributed by atoms with E-state index in [1.165, 1.54) is 30.3 Å². The van der Waals surface area contributed by atoms with Gasteiger partial charge in [-0.05, 0) is 42.5 Å². The number of carbonyl (C=O) groups excluding carboxylic acids is 2. The molecule has 0 spiro atoms. The van der Waals surface area contributed by atoms with Crippen LogP contribution in [0, 0.1) is 17.5 Å². The Bertz CT molecular complexity index is 1020. The van der Waals surface area contributed by atoms with E-state index in [0.29, 0.717) is 11.6 Å². The van der Waals surface area contributed by atoms with Crippen molar-refractivity contribution >= 4 is 17.5 Å². The zero-order chi connectivity index (χ0) is 20.1. The number of nitrogens with one attached hydrogen (secondary N) is 2. The molecule has 7 heteroatoms. The Hall–Kier alpha value is -3.61. The number of benzene rings is 3. The molecule has 4 nitrogen and oxygen atoms in total. The highest BCUT2D eigenvalue weighted by molar-refractivity contribution is 6.05. The lowest BCUT2D eigenvalue weighted by molar-refractivity contribution is 0.0948. The van der Waals surface area contributed by atoms with Crippen LogP contribution in [0.25, 0.3) is 0 Å². The second-order valence-corrected chi connectivity index (χ2v) is 5.93. The Morgan fingerprint density at radius 1 is 0.750 bits per heavy atom. The van der Waals surface area contributed by atoms with Crippen LogP contribution in [0.3, 0.4) is 0 Å². The molecule has 2 N–H and O–H groups in total. The van der Waals surface area contributed by atoms with E-state index in [-0.39, 0.29) is 23.4 Å². The van der Waals surface area contributed by atoms with Crippen molar-refractivity contribution in [3.8, 4) is 0 Å². The lowest BCUT2D eigenvalue weighted by Crippen LogP contribution is -2.23. The van der Waals surface area contributed by atoms with Crippen LogP contribution in [-0.2, 0) is 6.54 Å². The molecule has 3 aromatic rings. The Kier molecular flexibility index (Phi) is 5.74. The predicted molar refractivity (Wildman–Crippen MR) is 98.3 cm³/mol. The van der Waals surface area contributed by atoms with Gasteiger partial charge in [0, 0.05) is 29.3 Å². The van der Waals surface area contributed by atoms with Gasteiger partial charge in [0.05, 0.1) is 5.69 Å². The number of rotatable bonds is 5. The van der Waals surface area contributed by atoms with Gasteiger partial charge in [-0.25, -0.2) is 13.2 Å². The molecule has 3 aromatic carbocycles. The first-order valence-corrected chi connectivity index (χ1v) is 8.32. The molecule has 0 heterocycles. The quantitative estimate of drug-likeness (QED) is 0.690. The van der Waals surface area contributed by atoms with Crippen molar-refractivity contribution in [2.24, 2.45) is 0 Å². The zero-order valence-electron chi connectivity index (χ0n) is 14.5. The van der Waals surface area contributed by atoms with E-state index in [9.17, 15) is 22.8 Å². The van der Waals surface area contributed by atoms with E-state index in [4.69, 9.17) is 0 Å². The van der Waals surface area contributed by atoms with Crippen LogP contribution in [-0.4, -0.2) is 11.8 Å². The summed E-state index contributed by atoms with van der Waals surface area (Å²) in [6.45, 7) is 0.0254. The molecular formula is C21H15F3N2O2. The van der Waals surface area contributed by atoms with Gasteiger partial charge in [-0.1, -0.05) is 18.2 Å². The third-order valence-corrected chi connectivity index (χ3v) is 3.99. The lowest BCUT2D eigenvalue weighted by Gasteiger charge is -2.08. The molecule has 142 valence electrons. The van der Waals surface area contributed by atoms with Crippen molar-refractivity contribution in [3.63, 3.8) is 0 Å². The molecule has 0 aliphatic heterocycles. The van der Waals surface area contributed by atoms with Crippen molar-refractivity contribution in [3.05, 3.63) is 101 Å². The van der Waals surface area contributed by atoms with E-state index < -0.39 is 29.3 Å². The molecule has 0 fully saturated rings. The van der Waals surface area contributed by atoms with Crippen molar-refractivity contribution in [2.45, 2.75) is 6.54 Å². The molecule has 0 bridgehead atoms. The van der Waals surface area contributed by atoms with Crippen molar-refractivity contribution in [2.75, 3.05) is 5.32 Å². The highest BCUT2D eigenvalue weighted by Crippen LogP contribution is 2.16.